The Morgan fingerprint density at radius 1 is 1.36 bits per heavy atom. The first-order valence-corrected chi connectivity index (χ1v) is 9.36. The number of aromatic nitrogens is 2. The lowest BCUT2D eigenvalue weighted by molar-refractivity contribution is -0.0283. The highest BCUT2D eigenvalue weighted by molar-refractivity contribution is 7.89. The third-order valence-electron chi connectivity index (χ3n) is 5.51. The van der Waals surface area contributed by atoms with Crippen molar-refractivity contribution < 1.29 is 18.6 Å². The molecule has 1 aromatic heterocycles. The molecule has 1 aromatic rings. The number of hydrogen-bond acceptors (Lipinski definition) is 5. The fraction of sp³-hybridized carbons (Fsp3) is 0.786. The molecule has 2 bridgehead atoms. The van der Waals surface area contributed by atoms with Gasteiger partial charge in [0.25, 0.3) is 10.0 Å². The molecular weight excluding hydrogens is 306 g/mol. The van der Waals surface area contributed by atoms with Crippen LogP contribution in [0.3, 0.4) is 0 Å². The summed E-state index contributed by atoms with van der Waals surface area (Å²) in [7, 11) is -3.76. The average Bonchev–Trinajstić information content (AvgIpc) is 3.14. The molecule has 8 heteroatoms. The predicted molar refractivity (Wildman–Crippen MR) is 77.6 cm³/mol. The van der Waals surface area contributed by atoms with Gasteiger partial charge in [0.05, 0.1) is 23.9 Å². The van der Waals surface area contributed by atoms with E-state index in [0.717, 1.165) is 31.5 Å². The van der Waals surface area contributed by atoms with Crippen LogP contribution in [0.4, 0.5) is 0 Å². The highest BCUT2D eigenvalue weighted by Gasteiger charge is 2.58. The number of aliphatic hydroxyl groups excluding tert-OH is 2. The van der Waals surface area contributed by atoms with Crippen LogP contribution in [0, 0.1) is 5.92 Å². The molecule has 0 radical (unpaired) electrons. The van der Waals surface area contributed by atoms with Gasteiger partial charge in [-0.3, -0.25) is 0 Å². The van der Waals surface area contributed by atoms with Gasteiger partial charge >= 0.3 is 0 Å². The van der Waals surface area contributed by atoms with E-state index in [0.29, 0.717) is 19.4 Å². The van der Waals surface area contributed by atoms with Crippen molar-refractivity contribution in [2.45, 2.75) is 67.8 Å². The summed E-state index contributed by atoms with van der Waals surface area (Å²) in [4.78, 5) is 4.22. The fourth-order valence-corrected chi connectivity index (χ4v) is 5.96. The molecule has 22 heavy (non-hydrogen) atoms. The largest absolute Gasteiger partial charge is 0.390 e. The number of aryl methyl sites for hydroxylation is 1. The molecule has 122 valence electrons. The third-order valence-corrected chi connectivity index (χ3v) is 7.06. The molecule has 3 N–H and O–H groups in total. The molecule has 2 unspecified atom stereocenters. The molecular formula is C14H21N3O4S. The molecule has 0 amide bonds. The maximum atomic E-state index is 12.8. The zero-order valence-corrected chi connectivity index (χ0v) is 13.1. The highest BCUT2D eigenvalue weighted by Crippen LogP contribution is 2.48. The quantitative estimate of drug-likeness (QED) is 0.711. The number of nitrogens with zero attached hydrogens (tertiary/aromatic N) is 2. The Hall–Kier alpha value is -0.960. The Bertz CT molecular complexity index is 701. The summed E-state index contributed by atoms with van der Waals surface area (Å²) in [5.74, 6) is 0.789. The van der Waals surface area contributed by atoms with Gasteiger partial charge in [-0.15, -0.1) is 0 Å². The lowest BCUT2D eigenvalue weighted by atomic mass is 9.90. The minimum atomic E-state index is -3.76. The number of sulfonamides is 1. The summed E-state index contributed by atoms with van der Waals surface area (Å²) < 4.78 is 30.0. The van der Waals surface area contributed by atoms with Crippen LogP contribution in [0.2, 0.25) is 0 Å². The summed E-state index contributed by atoms with van der Waals surface area (Å²) in [5.41, 5.74) is -0.928. The van der Waals surface area contributed by atoms with Gasteiger partial charge in [0.1, 0.15) is 5.82 Å². The van der Waals surface area contributed by atoms with Gasteiger partial charge in [0.2, 0.25) is 0 Å². The minimum absolute atomic E-state index is 0.0166. The second-order valence-electron chi connectivity index (χ2n) is 6.82. The van der Waals surface area contributed by atoms with Crippen molar-refractivity contribution in [2.75, 3.05) is 0 Å². The second-order valence-corrected chi connectivity index (χ2v) is 8.45. The number of hydrogen-bond donors (Lipinski definition) is 3. The van der Waals surface area contributed by atoms with E-state index in [1.165, 1.54) is 6.20 Å². The Labute approximate surface area is 129 Å². The normalized spacial score (nSPS) is 37.5. The van der Waals surface area contributed by atoms with Gasteiger partial charge in [0.15, 0.2) is 5.03 Å². The topological polar surface area (TPSA) is 104 Å². The summed E-state index contributed by atoms with van der Waals surface area (Å²) in [6.07, 6.45) is 4.10. The molecule has 3 aliphatic rings. The van der Waals surface area contributed by atoms with Crippen LogP contribution in [-0.2, 0) is 23.0 Å². The first-order chi connectivity index (χ1) is 10.4. The SMILES string of the molecule is O=S(=O)(NC12CCC(C1)[C@H](O)[C@@H]2O)c1cnc2n1CCCC2. The smallest absolute Gasteiger partial charge is 0.258 e. The molecule has 0 aromatic carbocycles. The summed E-state index contributed by atoms with van der Waals surface area (Å²) >= 11 is 0. The zero-order chi connectivity index (χ0) is 15.5. The van der Waals surface area contributed by atoms with E-state index in [-0.39, 0.29) is 10.9 Å². The molecule has 2 saturated carbocycles. The van der Waals surface area contributed by atoms with Crippen LogP contribution >= 0.6 is 0 Å². The van der Waals surface area contributed by atoms with Crippen molar-refractivity contribution in [1.82, 2.24) is 14.3 Å². The lowest BCUT2D eigenvalue weighted by Gasteiger charge is -2.34. The molecule has 1 aliphatic heterocycles. The summed E-state index contributed by atoms with van der Waals surface area (Å²) in [6, 6.07) is 0. The number of rotatable bonds is 3. The van der Waals surface area contributed by atoms with E-state index in [9.17, 15) is 18.6 Å². The van der Waals surface area contributed by atoms with E-state index >= 15 is 0 Å². The van der Waals surface area contributed by atoms with Gasteiger partial charge in [-0.05, 0) is 38.0 Å². The van der Waals surface area contributed by atoms with Crippen molar-refractivity contribution in [2.24, 2.45) is 5.92 Å². The van der Waals surface area contributed by atoms with E-state index in [4.69, 9.17) is 0 Å². The van der Waals surface area contributed by atoms with Gasteiger partial charge in [-0.1, -0.05) is 0 Å². The van der Waals surface area contributed by atoms with Crippen molar-refractivity contribution in [1.29, 1.82) is 0 Å². The van der Waals surface area contributed by atoms with Gasteiger partial charge in [-0.2, -0.15) is 0 Å². The minimum Gasteiger partial charge on any atom is -0.390 e. The maximum absolute atomic E-state index is 12.8. The maximum Gasteiger partial charge on any atom is 0.258 e. The van der Waals surface area contributed by atoms with Gasteiger partial charge < -0.3 is 14.8 Å². The number of aliphatic hydroxyl groups is 2. The van der Waals surface area contributed by atoms with E-state index in [1.54, 1.807) is 4.57 Å². The molecule has 2 heterocycles. The van der Waals surface area contributed by atoms with Crippen LogP contribution in [0.1, 0.15) is 37.9 Å². The molecule has 0 spiro atoms. The molecule has 2 fully saturated rings. The van der Waals surface area contributed by atoms with Crippen molar-refractivity contribution >= 4 is 10.0 Å². The lowest BCUT2D eigenvalue weighted by Crippen LogP contribution is -2.56. The van der Waals surface area contributed by atoms with Crippen LogP contribution in [-0.4, -0.2) is 45.9 Å². The standard InChI is InChI=1S/C14H21N3O4S/c18-12-9-4-5-14(7-9,13(12)19)16-22(20,21)11-8-15-10-3-1-2-6-17(10)11/h8-9,12-13,16,18-19H,1-7H2/t9?,12-,13-,14?/m0/s1. The van der Waals surface area contributed by atoms with Gasteiger partial charge in [-0.25, -0.2) is 18.1 Å². The molecule has 7 nitrogen and oxygen atoms in total. The van der Waals surface area contributed by atoms with Crippen LogP contribution in [0.15, 0.2) is 11.2 Å². The van der Waals surface area contributed by atoms with Gasteiger partial charge in [0, 0.05) is 13.0 Å². The molecule has 2 aliphatic carbocycles. The second kappa shape index (κ2) is 4.77. The number of fused-ring (bicyclic) bond motifs is 3. The first kappa shape index (κ1) is 14.6. The fourth-order valence-electron chi connectivity index (χ4n) is 4.34. The molecule has 4 atom stereocenters. The molecule has 0 saturated heterocycles. The van der Waals surface area contributed by atoms with E-state index in [2.05, 4.69) is 9.71 Å². The zero-order valence-electron chi connectivity index (χ0n) is 12.3. The van der Waals surface area contributed by atoms with Crippen molar-refractivity contribution in [3.63, 3.8) is 0 Å². The summed E-state index contributed by atoms with van der Waals surface area (Å²) in [6.45, 7) is 0.659. The Morgan fingerprint density at radius 2 is 2.18 bits per heavy atom. The monoisotopic (exact) mass is 327 g/mol. The Kier molecular flexibility index (Phi) is 3.17. The van der Waals surface area contributed by atoms with Crippen molar-refractivity contribution in [3.8, 4) is 0 Å². The average molecular weight is 327 g/mol. The predicted octanol–water partition coefficient (Wildman–Crippen LogP) is -0.228. The Morgan fingerprint density at radius 3 is 2.91 bits per heavy atom. The Balaban J connectivity index is 1.66. The van der Waals surface area contributed by atoms with Crippen LogP contribution in [0.5, 0.6) is 0 Å². The third kappa shape index (κ3) is 1.97. The highest BCUT2D eigenvalue weighted by atomic mass is 32.2. The first-order valence-electron chi connectivity index (χ1n) is 7.87. The van der Waals surface area contributed by atoms with E-state index in [1.807, 2.05) is 0 Å². The molecule has 4 rings (SSSR count). The van der Waals surface area contributed by atoms with Crippen LogP contribution in [0.25, 0.3) is 0 Å². The summed E-state index contributed by atoms with van der Waals surface area (Å²) in [5, 5.41) is 20.4. The van der Waals surface area contributed by atoms with Crippen molar-refractivity contribution in [3.05, 3.63) is 12.0 Å². The number of nitrogens with one attached hydrogen (secondary N) is 1. The van der Waals surface area contributed by atoms with Crippen LogP contribution < -0.4 is 4.72 Å². The number of imidazole rings is 1. The van der Waals surface area contributed by atoms with E-state index < -0.39 is 27.8 Å².